The van der Waals surface area contributed by atoms with E-state index in [-0.39, 0.29) is 6.61 Å². The van der Waals surface area contributed by atoms with Crippen LogP contribution >= 0.6 is 11.6 Å². The molecule has 0 aliphatic carbocycles. The van der Waals surface area contributed by atoms with Crippen molar-refractivity contribution >= 4 is 11.6 Å². The first-order valence-corrected chi connectivity index (χ1v) is 4.89. The number of methoxy groups -OCH3 is 1. The monoisotopic (exact) mass is 225 g/mol. The molecule has 0 radical (unpaired) electrons. The van der Waals surface area contributed by atoms with Crippen LogP contribution in [0.5, 0.6) is 0 Å². The van der Waals surface area contributed by atoms with Gasteiger partial charge in [0.05, 0.1) is 24.7 Å². The van der Waals surface area contributed by atoms with Crippen molar-refractivity contribution in [2.75, 3.05) is 13.7 Å². The third kappa shape index (κ3) is 3.21. The lowest BCUT2D eigenvalue weighted by Crippen LogP contribution is -2.22. The lowest BCUT2D eigenvalue weighted by atomic mass is 9.95. The van der Waals surface area contributed by atoms with Crippen LogP contribution < -0.4 is 0 Å². The summed E-state index contributed by atoms with van der Waals surface area (Å²) in [6.07, 6.45) is -0.818. The molecule has 1 rings (SSSR count). The Morgan fingerprint density at radius 3 is 2.53 bits per heavy atom. The van der Waals surface area contributed by atoms with Crippen molar-refractivity contribution in [1.82, 2.24) is 0 Å². The van der Waals surface area contributed by atoms with Crippen molar-refractivity contribution in [3.63, 3.8) is 0 Å². The van der Waals surface area contributed by atoms with Crippen molar-refractivity contribution in [3.8, 4) is 6.07 Å². The Bertz CT molecular complexity index is 345. The van der Waals surface area contributed by atoms with Crippen LogP contribution in [0.2, 0.25) is 5.02 Å². The third-order valence-corrected chi connectivity index (χ3v) is 2.34. The third-order valence-electron chi connectivity index (χ3n) is 2.09. The number of aliphatic hydroxyl groups is 1. The van der Waals surface area contributed by atoms with Gasteiger partial charge in [-0.2, -0.15) is 5.26 Å². The number of aliphatic hydroxyl groups excluding tert-OH is 1. The average molecular weight is 226 g/mol. The second kappa shape index (κ2) is 5.72. The summed E-state index contributed by atoms with van der Waals surface area (Å²) in [5.41, 5.74) is 0.742. The Labute approximate surface area is 93.9 Å². The van der Waals surface area contributed by atoms with Crippen molar-refractivity contribution in [1.29, 1.82) is 5.26 Å². The van der Waals surface area contributed by atoms with Gasteiger partial charge < -0.3 is 9.84 Å². The molecular formula is C11H12ClNO2. The maximum atomic E-state index is 9.65. The maximum absolute atomic E-state index is 9.65. The molecule has 0 saturated heterocycles. The molecule has 0 bridgehead atoms. The van der Waals surface area contributed by atoms with Gasteiger partial charge in [-0.05, 0) is 17.7 Å². The van der Waals surface area contributed by atoms with Crippen LogP contribution in [0, 0.1) is 11.3 Å². The first-order chi connectivity index (χ1) is 7.19. The Kier molecular flexibility index (Phi) is 4.57. The average Bonchev–Trinajstić information content (AvgIpc) is 2.22. The molecule has 0 aliphatic heterocycles. The highest BCUT2D eigenvalue weighted by Crippen LogP contribution is 2.21. The fraction of sp³-hybridized carbons (Fsp3) is 0.364. The van der Waals surface area contributed by atoms with Crippen LogP contribution in [0.1, 0.15) is 11.5 Å². The molecule has 0 saturated carbocycles. The quantitative estimate of drug-likeness (QED) is 0.852. The lowest BCUT2D eigenvalue weighted by Gasteiger charge is -2.15. The molecule has 3 nitrogen and oxygen atoms in total. The van der Waals surface area contributed by atoms with E-state index in [9.17, 15) is 5.11 Å². The van der Waals surface area contributed by atoms with Crippen molar-refractivity contribution in [2.45, 2.75) is 12.0 Å². The van der Waals surface area contributed by atoms with Crippen molar-refractivity contribution < 1.29 is 9.84 Å². The standard InChI is InChI=1S/C11H12ClNO2/c1-15-7-11(14)10(6-13)8-2-4-9(12)5-3-8/h2-5,10-11,14H,7H2,1H3. The molecule has 2 unspecified atom stereocenters. The number of nitriles is 1. The summed E-state index contributed by atoms with van der Waals surface area (Å²) in [4.78, 5) is 0. The van der Waals surface area contributed by atoms with Gasteiger partial charge in [-0.3, -0.25) is 0 Å². The zero-order valence-electron chi connectivity index (χ0n) is 8.35. The molecule has 0 aromatic heterocycles. The van der Waals surface area contributed by atoms with Crippen molar-refractivity contribution in [2.24, 2.45) is 0 Å². The van der Waals surface area contributed by atoms with E-state index in [1.807, 2.05) is 6.07 Å². The van der Waals surface area contributed by atoms with Gasteiger partial charge in [0.2, 0.25) is 0 Å². The van der Waals surface area contributed by atoms with Crippen LogP contribution in [-0.4, -0.2) is 24.9 Å². The molecule has 0 spiro atoms. The molecule has 2 atom stereocenters. The molecule has 0 amide bonds. The molecule has 1 aromatic rings. The van der Waals surface area contributed by atoms with Crippen molar-refractivity contribution in [3.05, 3.63) is 34.9 Å². The smallest absolute Gasteiger partial charge is 0.0994 e. The van der Waals surface area contributed by atoms with Gasteiger partial charge in [0.1, 0.15) is 0 Å². The minimum absolute atomic E-state index is 0.140. The van der Waals surface area contributed by atoms with E-state index < -0.39 is 12.0 Å². The first kappa shape index (κ1) is 12.0. The minimum Gasteiger partial charge on any atom is -0.389 e. The molecule has 0 aliphatic rings. The van der Waals surface area contributed by atoms with E-state index in [0.717, 1.165) is 5.56 Å². The molecule has 1 aromatic carbocycles. The van der Waals surface area contributed by atoms with E-state index in [1.165, 1.54) is 7.11 Å². The molecular weight excluding hydrogens is 214 g/mol. The SMILES string of the molecule is COCC(O)C(C#N)c1ccc(Cl)cc1. The highest BCUT2D eigenvalue weighted by molar-refractivity contribution is 6.30. The first-order valence-electron chi connectivity index (χ1n) is 4.51. The summed E-state index contributed by atoms with van der Waals surface area (Å²) in [5, 5.41) is 19.2. The predicted octanol–water partition coefficient (Wildman–Crippen LogP) is 1.95. The maximum Gasteiger partial charge on any atom is 0.0994 e. The van der Waals surface area contributed by atoms with Gasteiger partial charge >= 0.3 is 0 Å². The molecule has 1 N–H and O–H groups in total. The Morgan fingerprint density at radius 1 is 1.47 bits per heavy atom. The van der Waals surface area contributed by atoms with Gasteiger partial charge in [0, 0.05) is 12.1 Å². The zero-order chi connectivity index (χ0) is 11.3. The normalized spacial score (nSPS) is 14.3. The number of hydrogen-bond acceptors (Lipinski definition) is 3. The Morgan fingerprint density at radius 2 is 2.07 bits per heavy atom. The van der Waals surface area contributed by atoms with E-state index in [1.54, 1.807) is 24.3 Å². The molecule has 15 heavy (non-hydrogen) atoms. The number of hydrogen-bond donors (Lipinski definition) is 1. The number of ether oxygens (including phenoxy) is 1. The second-order valence-corrected chi connectivity index (χ2v) is 3.62. The summed E-state index contributed by atoms with van der Waals surface area (Å²) in [5.74, 6) is -0.581. The van der Waals surface area contributed by atoms with Crippen LogP contribution in [-0.2, 0) is 4.74 Å². The van der Waals surface area contributed by atoms with Gasteiger partial charge in [-0.25, -0.2) is 0 Å². The fourth-order valence-corrected chi connectivity index (χ4v) is 1.45. The van der Waals surface area contributed by atoms with Gasteiger partial charge in [-0.1, -0.05) is 23.7 Å². The van der Waals surface area contributed by atoms with Gasteiger partial charge in [0.15, 0.2) is 0 Å². The van der Waals surface area contributed by atoms with E-state index in [4.69, 9.17) is 21.6 Å². The van der Waals surface area contributed by atoms with E-state index in [2.05, 4.69) is 0 Å². The number of halogens is 1. The van der Waals surface area contributed by atoms with E-state index in [0.29, 0.717) is 5.02 Å². The summed E-state index contributed by atoms with van der Waals surface area (Å²) in [7, 11) is 1.49. The summed E-state index contributed by atoms with van der Waals surface area (Å²) in [6.45, 7) is 0.140. The fourth-order valence-electron chi connectivity index (χ4n) is 1.32. The second-order valence-electron chi connectivity index (χ2n) is 3.18. The van der Waals surface area contributed by atoms with Gasteiger partial charge in [0.25, 0.3) is 0 Å². The highest BCUT2D eigenvalue weighted by Gasteiger charge is 2.20. The summed E-state index contributed by atoms with van der Waals surface area (Å²) in [6, 6.07) is 8.90. The number of benzene rings is 1. The lowest BCUT2D eigenvalue weighted by molar-refractivity contribution is 0.0571. The van der Waals surface area contributed by atoms with E-state index >= 15 is 0 Å². The Hall–Kier alpha value is -1.08. The summed E-state index contributed by atoms with van der Waals surface area (Å²) < 4.78 is 4.80. The zero-order valence-corrected chi connectivity index (χ0v) is 9.11. The minimum atomic E-state index is -0.818. The molecule has 80 valence electrons. The molecule has 0 fully saturated rings. The highest BCUT2D eigenvalue weighted by atomic mass is 35.5. The predicted molar refractivity (Wildman–Crippen MR) is 57.7 cm³/mol. The van der Waals surface area contributed by atoms with Crippen LogP contribution in [0.3, 0.4) is 0 Å². The Balaban J connectivity index is 2.84. The molecule has 0 heterocycles. The largest absolute Gasteiger partial charge is 0.389 e. The van der Waals surface area contributed by atoms with Crippen LogP contribution in [0.25, 0.3) is 0 Å². The van der Waals surface area contributed by atoms with Gasteiger partial charge in [-0.15, -0.1) is 0 Å². The number of rotatable bonds is 4. The topological polar surface area (TPSA) is 53.2 Å². The van der Waals surface area contributed by atoms with Crippen LogP contribution in [0.4, 0.5) is 0 Å². The molecule has 4 heteroatoms. The summed E-state index contributed by atoms with van der Waals surface area (Å²) >= 11 is 5.73. The van der Waals surface area contributed by atoms with Crippen LogP contribution in [0.15, 0.2) is 24.3 Å². The number of nitrogens with zero attached hydrogens (tertiary/aromatic N) is 1.